The molecule has 2 heterocycles. The topological polar surface area (TPSA) is 33.1 Å². The molecule has 0 unspecified atom stereocenters. The van der Waals surface area contributed by atoms with Crippen LogP contribution in [0.1, 0.15) is 5.69 Å². The van der Waals surface area contributed by atoms with Gasteiger partial charge in [0.25, 0.3) is 0 Å². The molecule has 20 heavy (non-hydrogen) atoms. The van der Waals surface area contributed by atoms with E-state index in [1.807, 2.05) is 6.07 Å². The van der Waals surface area contributed by atoms with Crippen LogP contribution in [0.25, 0.3) is 5.69 Å². The van der Waals surface area contributed by atoms with Crippen molar-refractivity contribution in [2.75, 3.05) is 26.2 Å². The van der Waals surface area contributed by atoms with Crippen LogP contribution in [0.5, 0.6) is 0 Å². The predicted octanol–water partition coefficient (Wildman–Crippen LogP) is 1.56. The van der Waals surface area contributed by atoms with Crippen LogP contribution < -0.4 is 5.32 Å². The van der Waals surface area contributed by atoms with Crippen LogP contribution in [0.4, 0.5) is 8.78 Å². The number of rotatable bonds is 3. The SMILES string of the molecule is Fc1ccc(-n2ccc(CN3CCNCC3)n2)c(F)c1. The summed E-state index contributed by atoms with van der Waals surface area (Å²) in [4.78, 5) is 2.30. The van der Waals surface area contributed by atoms with Crippen LogP contribution >= 0.6 is 0 Å². The fraction of sp³-hybridized carbons (Fsp3) is 0.357. The van der Waals surface area contributed by atoms with Crippen LogP contribution in [-0.4, -0.2) is 40.9 Å². The first-order valence-electron chi connectivity index (χ1n) is 6.65. The summed E-state index contributed by atoms with van der Waals surface area (Å²) in [7, 11) is 0. The van der Waals surface area contributed by atoms with E-state index in [0.717, 1.165) is 44.5 Å². The molecule has 1 fully saturated rings. The normalized spacial score (nSPS) is 16.5. The quantitative estimate of drug-likeness (QED) is 0.925. The van der Waals surface area contributed by atoms with Gasteiger partial charge in [0, 0.05) is 45.0 Å². The van der Waals surface area contributed by atoms with Crippen molar-refractivity contribution in [2.24, 2.45) is 0 Å². The average Bonchev–Trinajstić information content (AvgIpc) is 2.88. The summed E-state index contributed by atoms with van der Waals surface area (Å²) >= 11 is 0. The van der Waals surface area contributed by atoms with Gasteiger partial charge in [0.05, 0.1) is 5.69 Å². The summed E-state index contributed by atoms with van der Waals surface area (Å²) in [5.41, 5.74) is 1.15. The highest BCUT2D eigenvalue weighted by Gasteiger charge is 2.12. The predicted molar refractivity (Wildman–Crippen MR) is 71.6 cm³/mol. The summed E-state index contributed by atoms with van der Waals surface area (Å²) in [6.07, 6.45) is 1.70. The second kappa shape index (κ2) is 5.68. The lowest BCUT2D eigenvalue weighted by molar-refractivity contribution is 0.230. The number of hydrogen-bond donors (Lipinski definition) is 1. The van der Waals surface area contributed by atoms with Crippen LogP contribution in [0.3, 0.4) is 0 Å². The molecule has 1 aliphatic rings. The van der Waals surface area contributed by atoms with Gasteiger partial charge in [-0.05, 0) is 18.2 Å². The minimum atomic E-state index is -0.609. The molecule has 0 spiro atoms. The van der Waals surface area contributed by atoms with Gasteiger partial charge in [-0.25, -0.2) is 13.5 Å². The highest BCUT2D eigenvalue weighted by atomic mass is 19.1. The Balaban J connectivity index is 1.75. The van der Waals surface area contributed by atoms with Crippen molar-refractivity contribution < 1.29 is 8.78 Å². The van der Waals surface area contributed by atoms with E-state index in [-0.39, 0.29) is 5.69 Å². The maximum absolute atomic E-state index is 13.7. The summed E-state index contributed by atoms with van der Waals surface area (Å²) in [6, 6.07) is 5.36. The van der Waals surface area contributed by atoms with E-state index in [1.165, 1.54) is 16.8 Å². The lowest BCUT2D eigenvalue weighted by atomic mass is 10.3. The first kappa shape index (κ1) is 13.2. The number of piperazine rings is 1. The first-order chi connectivity index (χ1) is 9.72. The van der Waals surface area contributed by atoms with E-state index < -0.39 is 11.6 Å². The standard InChI is InChI=1S/C14H16F2N4/c15-11-1-2-14(13(16)9-11)20-6-3-12(18-20)10-19-7-4-17-5-8-19/h1-3,6,9,17H,4-5,7-8,10H2. The molecule has 0 amide bonds. The van der Waals surface area contributed by atoms with Gasteiger partial charge in [-0.15, -0.1) is 0 Å². The van der Waals surface area contributed by atoms with E-state index in [4.69, 9.17) is 0 Å². The Morgan fingerprint density at radius 2 is 1.95 bits per heavy atom. The van der Waals surface area contributed by atoms with Crippen LogP contribution in [-0.2, 0) is 6.54 Å². The van der Waals surface area contributed by atoms with Crippen molar-refractivity contribution in [3.05, 3.63) is 47.8 Å². The van der Waals surface area contributed by atoms with Crippen LogP contribution in [0.15, 0.2) is 30.5 Å². The third-order valence-electron chi connectivity index (χ3n) is 3.40. The first-order valence-corrected chi connectivity index (χ1v) is 6.65. The summed E-state index contributed by atoms with van der Waals surface area (Å²) < 4.78 is 28.0. The monoisotopic (exact) mass is 278 g/mol. The number of hydrogen-bond acceptors (Lipinski definition) is 3. The Morgan fingerprint density at radius 3 is 2.70 bits per heavy atom. The molecule has 2 aromatic rings. The highest BCUT2D eigenvalue weighted by Crippen LogP contribution is 2.15. The Labute approximate surface area is 116 Å². The zero-order valence-electron chi connectivity index (χ0n) is 11.0. The van der Waals surface area contributed by atoms with Crippen LogP contribution in [0, 0.1) is 11.6 Å². The van der Waals surface area contributed by atoms with E-state index in [2.05, 4.69) is 15.3 Å². The molecule has 1 aliphatic heterocycles. The molecule has 3 rings (SSSR count). The fourth-order valence-electron chi connectivity index (χ4n) is 2.35. The van der Waals surface area contributed by atoms with Crippen molar-refractivity contribution in [3.8, 4) is 5.69 Å². The Hall–Kier alpha value is -1.79. The van der Waals surface area contributed by atoms with Gasteiger partial charge in [-0.1, -0.05) is 0 Å². The molecule has 106 valence electrons. The van der Waals surface area contributed by atoms with E-state index >= 15 is 0 Å². The maximum Gasteiger partial charge on any atom is 0.151 e. The summed E-state index contributed by atoms with van der Waals surface area (Å²) in [5.74, 6) is -1.19. The van der Waals surface area contributed by atoms with Gasteiger partial charge in [0.15, 0.2) is 5.82 Å². The van der Waals surface area contributed by atoms with Gasteiger partial charge in [0.2, 0.25) is 0 Å². The zero-order valence-corrected chi connectivity index (χ0v) is 11.0. The van der Waals surface area contributed by atoms with Gasteiger partial charge in [-0.2, -0.15) is 5.10 Å². The largest absolute Gasteiger partial charge is 0.314 e. The molecule has 0 bridgehead atoms. The number of halogens is 2. The molecule has 1 aromatic carbocycles. The van der Waals surface area contributed by atoms with Gasteiger partial charge < -0.3 is 5.32 Å². The molecular weight excluding hydrogens is 262 g/mol. The number of benzene rings is 1. The van der Waals surface area contributed by atoms with Gasteiger partial charge >= 0.3 is 0 Å². The molecule has 6 heteroatoms. The summed E-state index contributed by atoms with van der Waals surface area (Å²) in [5, 5.41) is 7.65. The Morgan fingerprint density at radius 1 is 1.15 bits per heavy atom. The highest BCUT2D eigenvalue weighted by molar-refractivity contribution is 5.33. The molecule has 1 N–H and O–H groups in total. The number of aromatic nitrogens is 2. The molecule has 0 aliphatic carbocycles. The molecule has 1 aromatic heterocycles. The second-order valence-corrected chi connectivity index (χ2v) is 4.87. The third kappa shape index (κ3) is 2.86. The van der Waals surface area contributed by atoms with E-state index in [9.17, 15) is 8.78 Å². The van der Waals surface area contributed by atoms with Crippen molar-refractivity contribution in [2.45, 2.75) is 6.54 Å². The minimum Gasteiger partial charge on any atom is -0.314 e. The van der Waals surface area contributed by atoms with Crippen molar-refractivity contribution >= 4 is 0 Å². The second-order valence-electron chi connectivity index (χ2n) is 4.87. The van der Waals surface area contributed by atoms with Crippen molar-refractivity contribution in [1.82, 2.24) is 20.0 Å². The maximum atomic E-state index is 13.7. The molecule has 0 saturated carbocycles. The van der Waals surface area contributed by atoms with Crippen molar-refractivity contribution in [1.29, 1.82) is 0 Å². The van der Waals surface area contributed by atoms with Crippen LogP contribution in [0.2, 0.25) is 0 Å². The Bertz CT molecular complexity index is 591. The zero-order chi connectivity index (χ0) is 13.9. The fourth-order valence-corrected chi connectivity index (χ4v) is 2.35. The summed E-state index contributed by atoms with van der Waals surface area (Å²) in [6.45, 7) is 4.67. The minimum absolute atomic E-state index is 0.262. The molecule has 1 saturated heterocycles. The number of nitrogens with one attached hydrogen (secondary N) is 1. The third-order valence-corrected chi connectivity index (χ3v) is 3.40. The van der Waals surface area contributed by atoms with Crippen molar-refractivity contribution in [3.63, 3.8) is 0 Å². The Kier molecular flexibility index (Phi) is 3.75. The van der Waals surface area contributed by atoms with Gasteiger partial charge in [0.1, 0.15) is 11.5 Å². The lowest BCUT2D eigenvalue weighted by Crippen LogP contribution is -2.42. The average molecular weight is 278 g/mol. The number of nitrogens with zero attached hydrogens (tertiary/aromatic N) is 3. The molecular formula is C14H16F2N4. The van der Waals surface area contributed by atoms with E-state index in [0.29, 0.717) is 0 Å². The molecule has 4 nitrogen and oxygen atoms in total. The lowest BCUT2D eigenvalue weighted by Gasteiger charge is -2.26. The van der Waals surface area contributed by atoms with Gasteiger partial charge in [-0.3, -0.25) is 4.90 Å². The smallest absolute Gasteiger partial charge is 0.151 e. The molecule has 0 radical (unpaired) electrons. The van der Waals surface area contributed by atoms with E-state index in [1.54, 1.807) is 6.20 Å². The molecule has 0 atom stereocenters.